The Bertz CT molecular complexity index is 583. The predicted octanol–water partition coefficient (Wildman–Crippen LogP) is 2.00. The van der Waals surface area contributed by atoms with Crippen molar-refractivity contribution in [1.82, 2.24) is 9.62 Å². The van der Waals surface area contributed by atoms with Crippen molar-refractivity contribution in [3.05, 3.63) is 36.4 Å². The van der Waals surface area contributed by atoms with Crippen molar-refractivity contribution in [2.24, 2.45) is 0 Å². The van der Waals surface area contributed by atoms with Gasteiger partial charge in [0.25, 0.3) is 0 Å². The van der Waals surface area contributed by atoms with Crippen LogP contribution in [0, 0.1) is 0 Å². The van der Waals surface area contributed by atoms with Crippen molar-refractivity contribution >= 4 is 10.0 Å². The SMILES string of the molecule is C=CCN(C(C)C)S(=O)(=O)c1ccc(OC)c(CNC)c1. The molecule has 1 rings (SSSR count). The van der Waals surface area contributed by atoms with Crippen molar-refractivity contribution in [3.63, 3.8) is 0 Å². The Morgan fingerprint density at radius 3 is 2.57 bits per heavy atom. The summed E-state index contributed by atoms with van der Waals surface area (Å²) in [5, 5.41) is 3.01. The van der Waals surface area contributed by atoms with Gasteiger partial charge in [-0.05, 0) is 39.1 Å². The smallest absolute Gasteiger partial charge is 0.243 e. The molecule has 5 nitrogen and oxygen atoms in total. The molecule has 0 fully saturated rings. The highest BCUT2D eigenvalue weighted by atomic mass is 32.2. The number of nitrogens with one attached hydrogen (secondary N) is 1. The first-order valence-corrected chi connectivity index (χ1v) is 8.26. The number of rotatable bonds is 8. The highest BCUT2D eigenvalue weighted by Gasteiger charge is 2.26. The molecule has 118 valence electrons. The van der Waals surface area contributed by atoms with E-state index in [0.29, 0.717) is 12.3 Å². The van der Waals surface area contributed by atoms with E-state index in [1.165, 1.54) is 4.31 Å². The van der Waals surface area contributed by atoms with Crippen molar-refractivity contribution in [2.75, 3.05) is 20.7 Å². The molecular weight excluding hydrogens is 288 g/mol. The molecule has 21 heavy (non-hydrogen) atoms. The van der Waals surface area contributed by atoms with E-state index in [1.54, 1.807) is 38.4 Å². The molecule has 0 radical (unpaired) electrons. The number of hydrogen-bond acceptors (Lipinski definition) is 4. The molecule has 0 bridgehead atoms. The third-order valence-corrected chi connectivity index (χ3v) is 5.15. The number of benzene rings is 1. The van der Waals surface area contributed by atoms with E-state index in [2.05, 4.69) is 11.9 Å². The van der Waals surface area contributed by atoms with Crippen LogP contribution in [-0.4, -0.2) is 39.5 Å². The number of methoxy groups -OCH3 is 1. The van der Waals surface area contributed by atoms with Crippen LogP contribution >= 0.6 is 0 Å². The van der Waals surface area contributed by atoms with Gasteiger partial charge in [0, 0.05) is 24.7 Å². The van der Waals surface area contributed by atoms with E-state index in [0.717, 1.165) is 5.56 Å². The average molecular weight is 312 g/mol. The fourth-order valence-electron chi connectivity index (χ4n) is 2.09. The van der Waals surface area contributed by atoms with Gasteiger partial charge < -0.3 is 10.1 Å². The summed E-state index contributed by atoms with van der Waals surface area (Å²) in [5.74, 6) is 0.670. The van der Waals surface area contributed by atoms with Gasteiger partial charge in [0.1, 0.15) is 5.75 Å². The summed E-state index contributed by atoms with van der Waals surface area (Å²) in [6, 6.07) is 4.78. The first kappa shape index (κ1) is 17.7. The minimum absolute atomic E-state index is 0.136. The summed E-state index contributed by atoms with van der Waals surface area (Å²) in [5.41, 5.74) is 0.809. The molecule has 0 atom stereocenters. The number of hydrogen-bond donors (Lipinski definition) is 1. The Morgan fingerprint density at radius 1 is 1.43 bits per heavy atom. The second-order valence-electron chi connectivity index (χ2n) is 4.96. The predicted molar refractivity (Wildman–Crippen MR) is 85.0 cm³/mol. The van der Waals surface area contributed by atoms with Crippen molar-refractivity contribution in [3.8, 4) is 5.75 Å². The van der Waals surface area contributed by atoms with Gasteiger partial charge in [0.15, 0.2) is 0 Å². The van der Waals surface area contributed by atoms with E-state index in [-0.39, 0.29) is 17.5 Å². The largest absolute Gasteiger partial charge is 0.496 e. The Balaban J connectivity index is 3.30. The molecule has 0 aliphatic heterocycles. The van der Waals surface area contributed by atoms with Gasteiger partial charge in [-0.1, -0.05) is 6.08 Å². The summed E-state index contributed by atoms with van der Waals surface area (Å²) in [6.07, 6.45) is 1.59. The fraction of sp³-hybridized carbons (Fsp3) is 0.467. The number of ether oxygens (including phenoxy) is 1. The van der Waals surface area contributed by atoms with Crippen molar-refractivity contribution < 1.29 is 13.2 Å². The van der Waals surface area contributed by atoms with Gasteiger partial charge in [-0.3, -0.25) is 0 Å². The maximum atomic E-state index is 12.7. The molecule has 0 saturated heterocycles. The van der Waals surface area contributed by atoms with Gasteiger partial charge in [-0.15, -0.1) is 6.58 Å². The minimum atomic E-state index is -3.55. The normalized spacial score (nSPS) is 11.9. The topological polar surface area (TPSA) is 58.6 Å². The van der Waals surface area contributed by atoms with Crippen LogP contribution in [0.1, 0.15) is 19.4 Å². The van der Waals surface area contributed by atoms with E-state index in [1.807, 2.05) is 13.8 Å². The summed E-state index contributed by atoms with van der Waals surface area (Å²) in [4.78, 5) is 0.268. The van der Waals surface area contributed by atoms with Crippen LogP contribution in [0.2, 0.25) is 0 Å². The first-order chi connectivity index (χ1) is 9.88. The molecular formula is C15H24N2O3S. The molecule has 0 aromatic heterocycles. The Kier molecular flexibility index (Phi) is 6.39. The highest BCUT2D eigenvalue weighted by molar-refractivity contribution is 7.89. The monoisotopic (exact) mass is 312 g/mol. The van der Waals surface area contributed by atoms with E-state index in [4.69, 9.17) is 4.74 Å². The maximum absolute atomic E-state index is 12.7. The average Bonchev–Trinajstić information content (AvgIpc) is 2.44. The van der Waals surface area contributed by atoms with Crippen LogP contribution in [0.5, 0.6) is 5.75 Å². The van der Waals surface area contributed by atoms with Gasteiger partial charge >= 0.3 is 0 Å². The molecule has 0 saturated carbocycles. The van der Waals surface area contributed by atoms with E-state index >= 15 is 0 Å². The molecule has 1 aromatic rings. The van der Waals surface area contributed by atoms with Crippen molar-refractivity contribution in [1.29, 1.82) is 0 Å². The number of sulfonamides is 1. The second-order valence-corrected chi connectivity index (χ2v) is 6.85. The third-order valence-electron chi connectivity index (χ3n) is 3.11. The fourth-order valence-corrected chi connectivity index (χ4v) is 3.75. The zero-order valence-electron chi connectivity index (χ0n) is 13.1. The van der Waals surface area contributed by atoms with Crippen molar-refractivity contribution in [2.45, 2.75) is 31.3 Å². The summed E-state index contributed by atoms with van der Waals surface area (Å²) < 4.78 is 32.2. The molecule has 1 N–H and O–H groups in total. The lowest BCUT2D eigenvalue weighted by atomic mass is 10.2. The lowest BCUT2D eigenvalue weighted by molar-refractivity contribution is 0.382. The Labute approximate surface area is 127 Å². The molecule has 0 spiro atoms. The molecule has 1 aromatic carbocycles. The molecule has 0 aliphatic carbocycles. The standard InChI is InChI=1S/C15H24N2O3S/c1-6-9-17(12(2)3)21(18,19)14-7-8-15(20-5)13(10-14)11-16-4/h6-8,10,12,16H,1,9,11H2,2-5H3. The second kappa shape index (κ2) is 7.59. The van der Waals surface area contributed by atoms with Crippen LogP contribution < -0.4 is 10.1 Å². The molecule has 0 aliphatic rings. The molecule has 0 heterocycles. The summed E-state index contributed by atoms with van der Waals surface area (Å²) in [7, 11) is -0.175. The lowest BCUT2D eigenvalue weighted by Crippen LogP contribution is -2.37. The zero-order chi connectivity index (χ0) is 16.0. The number of nitrogens with zero attached hydrogens (tertiary/aromatic N) is 1. The van der Waals surface area contributed by atoms with E-state index in [9.17, 15) is 8.42 Å². The Morgan fingerprint density at radius 2 is 2.10 bits per heavy atom. The third kappa shape index (κ3) is 4.06. The summed E-state index contributed by atoms with van der Waals surface area (Å²) >= 11 is 0. The maximum Gasteiger partial charge on any atom is 0.243 e. The lowest BCUT2D eigenvalue weighted by Gasteiger charge is -2.25. The van der Waals surface area contributed by atoms with Gasteiger partial charge in [-0.2, -0.15) is 4.31 Å². The molecule has 0 amide bonds. The molecule has 6 heteroatoms. The highest BCUT2D eigenvalue weighted by Crippen LogP contribution is 2.25. The quantitative estimate of drug-likeness (QED) is 0.746. The summed E-state index contributed by atoms with van der Waals surface area (Å²) in [6.45, 7) is 8.14. The van der Waals surface area contributed by atoms with Crippen LogP contribution in [0.4, 0.5) is 0 Å². The van der Waals surface area contributed by atoms with Gasteiger partial charge in [-0.25, -0.2) is 8.42 Å². The van der Waals surface area contributed by atoms with Crippen LogP contribution in [0.15, 0.2) is 35.7 Å². The zero-order valence-corrected chi connectivity index (χ0v) is 13.9. The van der Waals surface area contributed by atoms with Crippen LogP contribution in [0.3, 0.4) is 0 Å². The molecule has 0 unspecified atom stereocenters. The Hall–Kier alpha value is -1.37. The van der Waals surface area contributed by atoms with E-state index < -0.39 is 10.0 Å². The van der Waals surface area contributed by atoms with Gasteiger partial charge in [0.2, 0.25) is 10.0 Å². The first-order valence-electron chi connectivity index (χ1n) is 6.82. The van der Waals surface area contributed by atoms with Crippen LogP contribution in [-0.2, 0) is 16.6 Å². The van der Waals surface area contributed by atoms with Gasteiger partial charge in [0.05, 0.1) is 12.0 Å². The minimum Gasteiger partial charge on any atom is -0.496 e. The van der Waals surface area contributed by atoms with Crippen LogP contribution in [0.25, 0.3) is 0 Å².